The number of hydrogen-bond acceptors (Lipinski definition) is 3. The summed E-state index contributed by atoms with van der Waals surface area (Å²) < 4.78 is 27.2. The van der Waals surface area contributed by atoms with Crippen molar-refractivity contribution in [2.45, 2.75) is 25.6 Å². The largest absolute Gasteiger partial charge is 0.465 e. The van der Waals surface area contributed by atoms with Gasteiger partial charge in [0.05, 0.1) is 24.0 Å². The molecule has 0 bridgehead atoms. The van der Waals surface area contributed by atoms with Gasteiger partial charge in [0.15, 0.2) is 6.29 Å². The minimum Gasteiger partial charge on any atom is -0.465 e. The maximum atomic E-state index is 13.9. The fourth-order valence-electron chi connectivity index (χ4n) is 3.08. The Hall–Kier alpha value is -2.40. The molecule has 24 heavy (non-hydrogen) atoms. The average molecular weight is 326 g/mol. The lowest BCUT2D eigenvalue weighted by Crippen LogP contribution is -2.24. The van der Waals surface area contributed by atoms with E-state index >= 15 is 0 Å². The minimum absolute atomic E-state index is 0.165. The number of aryl methyl sites for hydroxylation is 1. The summed E-state index contributed by atoms with van der Waals surface area (Å²) in [6.07, 6.45) is 4.68. The zero-order valence-electron chi connectivity index (χ0n) is 13.5. The predicted molar refractivity (Wildman–Crippen MR) is 90.3 cm³/mol. The van der Waals surface area contributed by atoms with Gasteiger partial charge in [-0.05, 0) is 42.7 Å². The van der Waals surface area contributed by atoms with Crippen LogP contribution in [0.25, 0.3) is 22.2 Å². The van der Waals surface area contributed by atoms with Gasteiger partial charge in [-0.1, -0.05) is 12.1 Å². The number of ether oxygens (including phenoxy) is 2. The lowest BCUT2D eigenvalue weighted by atomic mass is 10.0. The summed E-state index contributed by atoms with van der Waals surface area (Å²) in [6, 6.07) is 10.7. The molecule has 1 saturated heterocycles. The molecule has 1 unspecified atom stereocenters. The van der Waals surface area contributed by atoms with Crippen LogP contribution in [0.4, 0.5) is 4.39 Å². The molecule has 0 saturated carbocycles. The van der Waals surface area contributed by atoms with E-state index in [4.69, 9.17) is 9.47 Å². The van der Waals surface area contributed by atoms with Crippen molar-refractivity contribution in [3.8, 4) is 16.9 Å². The minimum atomic E-state index is -0.267. The highest BCUT2D eigenvalue weighted by molar-refractivity contribution is 5.92. The molecule has 1 aliphatic heterocycles. The predicted octanol–water partition coefficient (Wildman–Crippen LogP) is 4.28. The molecule has 0 aliphatic carbocycles. The number of halogens is 1. The number of nitrogens with zero attached hydrogens (tertiary/aromatic N) is 2. The van der Waals surface area contributed by atoms with Crippen molar-refractivity contribution in [2.75, 3.05) is 6.61 Å². The number of imidazole rings is 1. The van der Waals surface area contributed by atoms with Crippen LogP contribution >= 0.6 is 0 Å². The third kappa shape index (κ3) is 2.87. The van der Waals surface area contributed by atoms with Gasteiger partial charge in [-0.15, -0.1) is 0 Å². The number of rotatable bonds is 3. The maximum absolute atomic E-state index is 13.9. The second-order valence-corrected chi connectivity index (χ2v) is 6.11. The quantitative estimate of drug-likeness (QED) is 0.720. The summed E-state index contributed by atoms with van der Waals surface area (Å²) in [4.78, 5) is 4.40. The molecule has 4 rings (SSSR count). The van der Waals surface area contributed by atoms with Gasteiger partial charge in [-0.25, -0.2) is 9.37 Å². The molecule has 5 heteroatoms. The Bertz CT molecular complexity index is 852. The number of benzene rings is 2. The molecule has 0 radical (unpaired) electrons. The molecule has 2 aromatic carbocycles. The molecular formula is C19H19FN2O2. The Morgan fingerprint density at radius 1 is 1.21 bits per heavy atom. The second-order valence-electron chi connectivity index (χ2n) is 6.11. The lowest BCUT2D eigenvalue weighted by molar-refractivity contribution is -0.105. The third-order valence-electron chi connectivity index (χ3n) is 4.37. The highest BCUT2D eigenvalue weighted by Gasteiger charge is 2.15. The lowest BCUT2D eigenvalue weighted by Gasteiger charge is -2.23. The van der Waals surface area contributed by atoms with Gasteiger partial charge in [0, 0.05) is 19.0 Å². The van der Waals surface area contributed by atoms with Crippen LogP contribution in [0.5, 0.6) is 5.75 Å². The Balaban J connectivity index is 1.63. The van der Waals surface area contributed by atoms with Crippen molar-refractivity contribution in [2.24, 2.45) is 7.05 Å². The molecule has 2 heterocycles. The van der Waals surface area contributed by atoms with E-state index in [9.17, 15) is 4.39 Å². The van der Waals surface area contributed by atoms with Gasteiger partial charge in [0.25, 0.3) is 0 Å². The van der Waals surface area contributed by atoms with Gasteiger partial charge in [0.2, 0.25) is 0 Å². The summed E-state index contributed by atoms with van der Waals surface area (Å²) in [7, 11) is 1.86. The van der Waals surface area contributed by atoms with Gasteiger partial charge in [-0.3, -0.25) is 0 Å². The second kappa shape index (κ2) is 6.24. The van der Waals surface area contributed by atoms with E-state index in [-0.39, 0.29) is 12.1 Å². The summed E-state index contributed by atoms with van der Waals surface area (Å²) in [5.41, 5.74) is 3.27. The van der Waals surface area contributed by atoms with Crippen LogP contribution in [0.1, 0.15) is 19.3 Å². The summed E-state index contributed by atoms with van der Waals surface area (Å²) in [5, 5.41) is 0. The van der Waals surface area contributed by atoms with E-state index in [1.165, 1.54) is 12.1 Å². The average Bonchev–Trinajstić information content (AvgIpc) is 2.97. The van der Waals surface area contributed by atoms with E-state index in [2.05, 4.69) is 4.98 Å². The number of aromatic nitrogens is 2. The highest BCUT2D eigenvalue weighted by atomic mass is 19.1. The van der Waals surface area contributed by atoms with E-state index < -0.39 is 0 Å². The van der Waals surface area contributed by atoms with Gasteiger partial charge in [-0.2, -0.15) is 0 Å². The zero-order valence-corrected chi connectivity index (χ0v) is 13.5. The Morgan fingerprint density at radius 2 is 2.04 bits per heavy atom. The van der Waals surface area contributed by atoms with Crippen LogP contribution in [-0.4, -0.2) is 22.4 Å². The normalized spacial score (nSPS) is 18.0. The molecule has 4 nitrogen and oxygen atoms in total. The molecule has 124 valence electrons. The van der Waals surface area contributed by atoms with Gasteiger partial charge < -0.3 is 14.0 Å². The SMILES string of the molecule is Cn1cnc2c(-c3ccc(OC4CCCCO4)cc3)cc(F)cc21. The first-order chi connectivity index (χ1) is 11.7. The molecule has 1 aromatic heterocycles. The monoisotopic (exact) mass is 326 g/mol. The molecular weight excluding hydrogens is 307 g/mol. The van der Waals surface area contributed by atoms with Crippen molar-refractivity contribution in [3.05, 3.63) is 48.5 Å². The smallest absolute Gasteiger partial charge is 0.199 e. The van der Waals surface area contributed by atoms with Crippen LogP contribution < -0.4 is 4.74 Å². The zero-order chi connectivity index (χ0) is 16.5. The van der Waals surface area contributed by atoms with Crippen molar-refractivity contribution in [1.29, 1.82) is 0 Å². The van der Waals surface area contributed by atoms with E-state index in [1.807, 2.05) is 35.9 Å². The molecule has 0 amide bonds. The van der Waals surface area contributed by atoms with Crippen LogP contribution in [0.3, 0.4) is 0 Å². The fraction of sp³-hybridized carbons (Fsp3) is 0.316. The van der Waals surface area contributed by atoms with Crippen molar-refractivity contribution < 1.29 is 13.9 Å². The molecule has 0 N–H and O–H groups in total. The van der Waals surface area contributed by atoms with Crippen LogP contribution in [0.2, 0.25) is 0 Å². The standard InChI is InChI=1S/C19H19FN2O2/c1-22-12-21-19-16(10-14(20)11-17(19)22)13-5-7-15(8-6-13)24-18-4-2-3-9-23-18/h5-8,10-12,18H,2-4,9H2,1H3. The maximum Gasteiger partial charge on any atom is 0.199 e. The number of fused-ring (bicyclic) bond motifs is 1. The molecule has 0 spiro atoms. The van der Waals surface area contributed by atoms with Crippen LogP contribution in [-0.2, 0) is 11.8 Å². The van der Waals surface area contributed by atoms with E-state index in [1.54, 1.807) is 6.33 Å². The highest BCUT2D eigenvalue weighted by Crippen LogP contribution is 2.30. The summed E-state index contributed by atoms with van der Waals surface area (Å²) >= 11 is 0. The first-order valence-corrected chi connectivity index (χ1v) is 8.20. The van der Waals surface area contributed by atoms with Crippen LogP contribution in [0.15, 0.2) is 42.7 Å². The summed E-state index contributed by atoms with van der Waals surface area (Å²) in [6.45, 7) is 0.754. The van der Waals surface area contributed by atoms with Crippen LogP contribution in [0, 0.1) is 5.82 Å². The fourth-order valence-corrected chi connectivity index (χ4v) is 3.08. The van der Waals surface area contributed by atoms with E-state index in [0.29, 0.717) is 0 Å². The van der Waals surface area contributed by atoms with Gasteiger partial charge in [0.1, 0.15) is 11.6 Å². The molecule has 1 atom stereocenters. The van der Waals surface area contributed by atoms with Crippen molar-refractivity contribution in [1.82, 2.24) is 9.55 Å². The molecule has 3 aromatic rings. The first kappa shape index (κ1) is 15.1. The molecule has 1 aliphatic rings. The third-order valence-corrected chi connectivity index (χ3v) is 4.37. The topological polar surface area (TPSA) is 36.3 Å². The Kier molecular flexibility index (Phi) is 3.94. The first-order valence-electron chi connectivity index (χ1n) is 8.20. The Morgan fingerprint density at radius 3 is 2.79 bits per heavy atom. The van der Waals surface area contributed by atoms with Crippen molar-refractivity contribution >= 4 is 11.0 Å². The van der Waals surface area contributed by atoms with Gasteiger partial charge >= 0.3 is 0 Å². The summed E-state index contributed by atoms with van der Waals surface area (Å²) in [5.74, 6) is 0.497. The van der Waals surface area contributed by atoms with E-state index in [0.717, 1.165) is 53.8 Å². The Labute approximate surface area is 139 Å². The number of hydrogen-bond donors (Lipinski definition) is 0. The molecule has 1 fully saturated rings. The van der Waals surface area contributed by atoms with Crippen molar-refractivity contribution in [3.63, 3.8) is 0 Å².